The standard InChI is InChI=1S/C10H15NO/c1-4-7(2)9-5-6-11-10(12)8(9)3/h5-7H,4H2,1-3H3,(H,11,12)/t7-/m0/s1. The molecule has 0 aliphatic carbocycles. The summed E-state index contributed by atoms with van der Waals surface area (Å²) in [6.45, 7) is 6.15. The van der Waals surface area contributed by atoms with Gasteiger partial charge in [0.1, 0.15) is 0 Å². The van der Waals surface area contributed by atoms with E-state index in [9.17, 15) is 4.79 Å². The molecule has 0 spiro atoms. The maximum atomic E-state index is 11.2. The van der Waals surface area contributed by atoms with Crippen LogP contribution in [0, 0.1) is 6.92 Å². The second-order valence-corrected chi connectivity index (χ2v) is 3.20. The number of aromatic amines is 1. The molecule has 1 rings (SSSR count). The van der Waals surface area contributed by atoms with Gasteiger partial charge in [-0.1, -0.05) is 13.8 Å². The highest BCUT2D eigenvalue weighted by Gasteiger charge is 2.07. The maximum absolute atomic E-state index is 11.2. The molecule has 0 radical (unpaired) electrons. The SMILES string of the molecule is CC[C@H](C)c1cc[nH]c(=O)c1C. The first kappa shape index (κ1) is 9.04. The molecule has 1 N–H and O–H groups in total. The third-order valence-corrected chi connectivity index (χ3v) is 2.39. The van der Waals surface area contributed by atoms with Crippen LogP contribution < -0.4 is 5.56 Å². The molecule has 66 valence electrons. The van der Waals surface area contributed by atoms with E-state index >= 15 is 0 Å². The summed E-state index contributed by atoms with van der Waals surface area (Å²) in [6.07, 6.45) is 2.79. The first-order valence-corrected chi connectivity index (χ1v) is 4.35. The molecule has 0 unspecified atom stereocenters. The second-order valence-electron chi connectivity index (χ2n) is 3.20. The third-order valence-electron chi connectivity index (χ3n) is 2.39. The highest BCUT2D eigenvalue weighted by atomic mass is 16.1. The summed E-state index contributed by atoms with van der Waals surface area (Å²) in [5, 5.41) is 0. The molecule has 0 saturated heterocycles. The molecular formula is C10H15NO. The van der Waals surface area contributed by atoms with Gasteiger partial charge in [-0.05, 0) is 30.9 Å². The topological polar surface area (TPSA) is 32.9 Å². The van der Waals surface area contributed by atoms with E-state index in [1.807, 2.05) is 13.0 Å². The number of H-pyrrole nitrogens is 1. The molecule has 0 aliphatic heterocycles. The van der Waals surface area contributed by atoms with E-state index in [1.54, 1.807) is 6.20 Å². The van der Waals surface area contributed by atoms with Crippen LogP contribution >= 0.6 is 0 Å². The highest BCUT2D eigenvalue weighted by Crippen LogP contribution is 2.18. The number of hydrogen-bond donors (Lipinski definition) is 1. The van der Waals surface area contributed by atoms with Gasteiger partial charge in [0.15, 0.2) is 0 Å². The molecule has 2 heteroatoms. The van der Waals surface area contributed by atoms with E-state index in [2.05, 4.69) is 18.8 Å². The third kappa shape index (κ3) is 1.58. The fraction of sp³-hybridized carbons (Fsp3) is 0.500. The zero-order valence-corrected chi connectivity index (χ0v) is 7.85. The van der Waals surface area contributed by atoms with E-state index in [0.29, 0.717) is 5.92 Å². The normalized spacial score (nSPS) is 12.9. The first-order chi connectivity index (χ1) is 5.66. The van der Waals surface area contributed by atoms with Crippen LogP contribution in [0.3, 0.4) is 0 Å². The van der Waals surface area contributed by atoms with E-state index in [0.717, 1.165) is 12.0 Å². The Hall–Kier alpha value is -1.05. The average molecular weight is 165 g/mol. The predicted octanol–water partition coefficient (Wildman–Crippen LogP) is 2.20. The summed E-state index contributed by atoms with van der Waals surface area (Å²) in [4.78, 5) is 13.9. The molecule has 1 heterocycles. The van der Waals surface area contributed by atoms with Crippen LogP contribution in [0.4, 0.5) is 0 Å². The van der Waals surface area contributed by atoms with Gasteiger partial charge in [-0.25, -0.2) is 0 Å². The number of hydrogen-bond acceptors (Lipinski definition) is 1. The largest absolute Gasteiger partial charge is 0.329 e. The van der Waals surface area contributed by atoms with Gasteiger partial charge in [-0.2, -0.15) is 0 Å². The van der Waals surface area contributed by atoms with Crippen LogP contribution in [0.25, 0.3) is 0 Å². The second kappa shape index (κ2) is 3.57. The average Bonchev–Trinajstić information content (AvgIpc) is 2.08. The van der Waals surface area contributed by atoms with Crippen molar-refractivity contribution in [2.75, 3.05) is 0 Å². The van der Waals surface area contributed by atoms with Crippen molar-refractivity contribution < 1.29 is 0 Å². The first-order valence-electron chi connectivity index (χ1n) is 4.35. The minimum Gasteiger partial charge on any atom is -0.329 e. The number of rotatable bonds is 2. The Bertz CT molecular complexity index is 314. The molecule has 1 aromatic heterocycles. The monoisotopic (exact) mass is 165 g/mol. The number of aromatic nitrogens is 1. The molecule has 0 aromatic carbocycles. The molecular weight excluding hydrogens is 150 g/mol. The van der Waals surface area contributed by atoms with Gasteiger partial charge < -0.3 is 4.98 Å². The van der Waals surface area contributed by atoms with Gasteiger partial charge in [0.2, 0.25) is 0 Å². The fourth-order valence-electron chi connectivity index (χ4n) is 1.33. The van der Waals surface area contributed by atoms with Crippen LogP contribution in [0.1, 0.15) is 37.3 Å². The predicted molar refractivity (Wildman–Crippen MR) is 50.5 cm³/mol. The lowest BCUT2D eigenvalue weighted by atomic mass is 9.96. The fourth-order valence-corrected chi connectivity index (χ4v) is 1.33. The van der Waals surface area contributed by atoms with Crippen LogP contribution in [0.15, 0.2) is 17.1 Å². The number of nitrogens with one attached hydrogen (secondary N) is 1. The Kier molecular flexibility index (Phi) is 2.69. The van der Waals surface area contributed by atoms with E-state index in [-0.39, 0.29) is 5.56 Å². The molecule has 1 atom stereocenters. The van der Waals surface area contributed by atoms with Crippen LogP contribution in [-0.4, -0.2) is 4.98 Å². The van der Waals surface area contributed by atoms with Gasteiger partial charge >= 0.3 is 0 Å². The molecule has 0 bridgehead atoms. The zero-order chi connectivity index (χ0) is 9.14. The Labute approximate surface area is 72.6 Å². The molecule has 2 nitrogen and oxygen atoms in total. The lowest BCUT2D eigenvalue weighted by Crippen LogP contribution is -2.12. The van der Waals surface area contributed by atoms with Crippen molar-refractivity contribution in [2.24, 2.45) is 0 Å². The lowest BCUT2D eigenvalue weighted by Gasteiger charge is -2.10. The van der Waals surface area contributed by atoms with Gasteiger partial charge in [-0.15, -0.1) is 0 Å². The van der Waals surface area contributed by atoms with Gasteiger partial charge in [0.25, 0.3) is 5.56 Å². The highest BCUT2D eigenvalue weighted by molar-refractivity contribution is 5.25. The molecule has 0 aliphatic rings. The maximum Gasteiger partial charge on any atom is 0.251 e. The molecule has 1 aromatic rings. The van der Waals surface area contributed by atoms with Crippen molar-refractivity contribution in [2.45, 2.75) is 33.1 Å². The van der Waals surface area contributed by atoms with Gasteiger partial charge in [0, 0.05) is 11.8 Å². The van der Waals surface area contributed by atoms with Gasteiger partial charge in [-0.3, -0.25) is 4.79 Å². The van der Waals surface area contributed by atoms with Crippen LogP contribution in [0.2, 0.25) is 0 Å². The molecule has 0 amide bonds. The summed E-state index contributed by atoms with van der Waals surface area (Å²) < 4.78 is 0. The lowest BCUT2D eigenvalue weighted by molar-refractivity contribution is 0.724. The molecule has 12 heavy (non-hydrogen) atoms. The quantitative estimate of drug-likeness (QED) is 0.716. The Morgan fingerprint density at radius 1 is 1.58 bits per heavy atom. The van der Waals surface area contributed by atoms with Crippen molar-refractivity contribution in [1.29, 1.82) is 0 Å². The minimum atomic E-state index is 0.0350. The Morgan fingerprint density at radius 2 is 2.25 bits per heavy atom. The van der Waals surface area contributed by atoms with E-state index in [1.165, 1.54) is 5.56 Å². The van der Waals surface area contributed by atoms with Crippen molar-refractivity contribution in [3.05, 3.63) is 33.7 Å². The smallest absolute Gasteiger partial charge is 0.251 e. The summed E-state index contributed by atoms with van der Waals surface area (Å²) in [5.74, 6) is 0.479. The molecule has 0 fully saturated rings. The minimum absolute atomic E-state index is 0.0350. The molecule has 0 saturated carbocycles. The van der Waals surface area contributed by atoms with E-state index in [4.69, 9.17) is 0 Å². The van der Waals surface area contributed by atoms with Crippen molar-refractivity contribution in [3.63, 3.8) is 0 Å². The Balaban J connectivity index is 3.16. The van der Waals surface area contributed by atoms with Crippen LogP contribution in [0.5, 0.6) is 0 Å². The summed E-state index contributed by atoms with van der Waals surface area (Å²) in [7, 11) is 0. The van der Waals surface area contributed by atoms with E-state index < -0.39 is 0 Å². The Morgan fingerprint density at radius 3 is 2.83 bits per heavy atom. The van der Waals surface area contributed by atoms with Crippen LogP contribution in [-0.2, 0) is 0 Å². The number of pyridine rings is 1. The summed E-state index contributed by atoms with van der Waals surface area (Å²) in [5.41, 5.74) is 2.06. The van der Waals surface area contributed by atoms with Gasteiger partial charge in [0.05, 0.1) is 0 Å². The van der Waals surface area contributed by atoms with Crippen molar-refractivity contribution in [1.82, 2.24) is 4.98 Å². The summed E-state index contributed by atoms with van der Waals surface area (Å²) >= 11 is 0. The van der Waals surface area contributed by atoms with Crippen molar-refractivity contribution in [3.8, 4) is 0 Å². The zero-order valence-electron chi connectivity index (χ0n) is 7.85. The van der Waals surface area contributed by atoms with Crippen molar-refractivity contribution >= 4 is 0 Å². The summed E-state index contributed by atoms with van der Waals surface area (Å²) in [6, 6.07) is 1.99.